The van der Waals surface area contributed by atoms with Crippen molar-refractivity contribution < 1.29 is 9.47 Å². The van der Waals surface area contributed by atoms with Crippen molar-refractivity contribution in [2.45, 2.75) is 171 Å². The Morgan fingerprint density at radius 3 is 1.26 bits per heavy atom. The van der Waals surface area contributed by atoms with Crippen LogP contribution >= 0.6 is 0 Å². The van der Waals surface area contributed by atoms with Crippen molar-refractivity contribution in [1.82, 2.24) is 5.32 Å². The lowest BCUT2D eigenvalue weighted by molar-refractivity contribution is -0.250. The van der Waals surface area contributed by atoms with Gasteiger partial charge in [-0.25, -0.2) is 0 Å². The Hall–Kier alpha value is -0.120. The predicted molar refractivity (Wildman–Crippen MR) is 164 cm³/mol. The van der Waals surface area contributed by atoms with Crippen molar-refractivity contribution in [3.63, 3.8) is 0 Å². The molecule has 5 fully saturated rings. The van der Waals surface area contributed by atoms with Crippen LogP contribution < -0.4 is 5.32 Å². The number of ether oxygens (including phenoxy) is 2. The fraction of sp³-hybridized carbons (Fsp3) is 1.00. The first-order valence-electron chi connectivity index (χ1n) is 16.1. The average Bonchev–Trinajstić information content (AvgIpc) is 3.45. The van der Waals surface area contributed by atoms with Crippen LogP contribution in [0.15, 0.2) is 0 Å². The van der Waals surface area contributed by atoms with Gasteiger partial charge in [0, 0.05) is 18.8 Å². The van der Waals surface area contributed by atoms with Gasteiger partial charge in [-0.3, -0.25) is 0 Å². The van der Waals surface area contributed by atoms with Gasteiger partial charge in [-0.2, -0.15) is 0 Å². The lowest BCUT2D eigenvalue weighted by Crippen LogP contribution is -2.71. The molecule has 0 aromatic heterocycles. The summed E-state index contributed by atoms with van der Waals surface area (Å²) >= 11 is 0. The Balaban J connectivity index is 0.000000158. The zero-order valence-corrected chi connectivity index (χ0v) is 28.3. The quantitative estimate of drug-likeness (QED) is 0.336. The van der Waals surface area contributed by atoms with Gasteiger partial charge in [-0.1, -0.05) is 96.9 Å². The fourth-order valence-corrected chi connectivity index (χ4v) is 11.1. The smallest absolute Gasteiger partial charge is 0.0785 e. The molecule has 3 aliphatic heterocycles. The molecule has 0 amide bonds. The highest BCUT2D eigenvalue weighted by molar-refractivity contribution is 5.21. The van der Waals surface area contributed by atoms with E-state index < -0.39 is 0 Å². The largest absolute Gasteiger partial charge is 0.374 e. The van der Waals surface area contributed by atoms with E-state index in [9.17, 15) is 0 Å². The summed E-state index contributed by atoms with van der Waals surface area (Å²) in [6.07, 6.45) is 11.7. The van der Waals surface area contributed by atoms with Gasteiger partial charge in [-0.15, -0.1) is 0 Å². The van der Waals surface area contributed by atoms with Crippen LogP contribution in [0.5, 0.6) is 0 Å². The third-order valence-electron chi connectivity index (χ3n) is 12.1. The highest BCUT2D eigenvalue weighted by Crippen LogP contribution is 2.67. The topological polar surface area (TPSA) is 30.5 Å². The minimum Gasteiger partial charge on any atom is -0.374 e. The molecule has 2 spiro atoms. The van der Waals surface area contributed by atoms with E-state index in [-0.39, 0.29) is 22.0 Å². The molecular weight excluding hydrogens is 466 g/mol. The van der Waals surface area contributed by atoms with Gasteiger partial charge in [0.1, 0.15) is 0 Å². The zero-order chi connectivity index (χ0) is 29.1. The van der Waals surface area contributed by atoms with Gasteiger partial charge >= 0.3 is 0 Å². The number of rotatable bonds is 0. The molecule has 3 saturated heterocycles. The van der Waals surface area contributed by atoms with Crippen LogP contribution in [0.2, 0.25) is 0 Å². The first-order valence-corrected chi connectivity index (χ1v) is 16.1. The second kappa shape index (κ2) is 10.0. The molecule has 2 saturated carbocycles. The van der Waals surface area contributed by atoms with Gasteiger partial charge in [0.05, 0.1) is 11.2 Å². The minimum atomic E-state index is 0.0538. The van der Waals surface area contributed by atoms with Crippen LogP contribution in [0.25, 0.3) is 0 Å². The number of hydrogen-bond donors (Lipinski definition) is 1. The van der Waals surface area contributed by atoms with Gasteiger partial charge in [-0.05, 0) is 96.8 Å². The molecule has 0 bridgehead atoms. The number of hydrogen-bond acceptors (Lipinski definition) is 3. The number of nitrogens with one attached hydrogen (secondary N) is 1. The molecule has 1 N–H and O–H groups in total. The third-order valence-corrected chi connectivity index (χ3v) is 12.1. The van der Waals surface area contributed by atoms with E-state index in [1.165, 1.54) is 64.3 Å². The van der Waals surface area contributed by atoms with E-state index in [1.807, 2.05) is 0 Å². The average molecular weight is 534 g/mol. The van der Waals surface area contributed by atoms with E-state index >= 15 is 0 Å². The maximum atomic E-state index is 6.19. The molecule has 38 heavy (non-hydrogen) atoms. The Morgan fingerprint density at radius 2 is 1.03 bits per heavy atom. The monoisotopic (exact) mass is 534 g/mol. The molecule has 224 valence electrons. The zero-order valence-electron chi connectivity index (χ0n) is 28.3. The van der Waals surface area contributed by atoms with Crippen LogP contribution in [-0.4, -0.2) is 36.5 Å². The van der Waals surface area contributed by atoms with E-state index in [0.29, 0.717) is 27.2 Å². The van der Waals surface area contributed by atoms with Crippen molar-refractivity contribution in [2.75, 3.05) is 19.8 Å². The summed E-state index contributed by atoms with van der Waals surface area (Å²) in [5.74, 6) is 0. The van der Waals surface area contributed by atoms with Crippen molar-refractivity contribution in [1.29, 1.82) is 0 Å². The van der Waals surface area contributed by atoms with Crippen LogP contribution in [0, 0.1) is 32.5 Å². The molecule has 3 heterocycles. The van der Waals surface area contributed by atoms with Crippen LogP contribution in [-0.2, 0) is 9.47 Å². The van der Waals surface area contributed by atoms with Gasteiger partial charge < -0.3 is 14.8 Å². The van der Waals surface area contributed by atoms with Gasteiger partial charge in [0.2, 0.25) is 0 Å². The molecule has 0 aromatic carbocycles. The predicted octanol–water partition coefficient (Wildman–Crippen LogP) is 9.57. The van der Waals surface area contributed by atoms with Crippen molar-refractivity contribution in [3.05, 3.63) is 0 Å². The molecule has 0 unspecified atom stereocenters. The summed E-state index contributed by atoms with van der Waals surface area (Å²) in [5.41, 5.74) is 3.04. The van der Waals surface area contributed by atoms with Crippen LogP contribution in [0.3, 0.4) is 0 Å². The van der Waals surface area contributed by atoms with Crippen LogP contribution in [0.1, 0.15) is 155 Å². The molecular formula is C35H67NO2. The van der Waals surface area contributed by atoms with E-state index in [4.69, 9.17) is 9.47 Å². The summed E-state index contributed by atoms with van der Waals surface area (Å²) in [5, 5.41) is 3.75. The third kappa shape index (κ3) is 4.95. The van der Waals surface area contributed by atoms with Gasteiger partial charge in [0.15, 0.2) is 0 Å². The molecule has 0 atom stereocenters. The van der Waals surface area contributed by atoms with Gasteiger partial charge in [0.25, 0.3) is 0 Å². The van der Waals surface area contributed by atoms with Crippen molar-refractivity contribution >= 4 is 0 Å². The molecule has 2 aliphatic carbocycles. The summed E-state index contributed by atoms with van der Waals surface area (Å²) in [4.78, 5) is 0. The maximum Gasteiger partial charge on any atom is 0.0785 e. The summed E-state index contributed by atoms with van der Waals surface area (Å²) in [6, 6.07) is 0. The summed E-state index contributed by atoms with van der Waals surface area (Å²) in [7, 11) is 0. The maximum absolute atomic E-state index is 6.19. The first kappa shape index (κ1) is 32.4. The van der Waals surface area contributed by atoms with E-state index in [0.717, 1.165) is 13.2 Å². The Bertz CT molecular complexity index is 708. The molecule has 3 nitrogen and oxygen atoms in total. The Kier molecular flexibility index (Phi) is 8.53. The van der Waals surface area contributed by atoms with Crippen molar-refractivity contribution in [2.24, 2.45) is 32.5 Å². The van der Waals surface area contributed by atoms with Crippen LogP contribution in [0.4, 0.5) is 0 Å². The molecule has 0 radical (unpaired) electrons. The first-order chi connectivity index (χ1) is 17.0. The van der Waals surface area contributed by atoms with E-state index in [2.05, 4.69) is 102 Å². The summed E-state index contributed by atoms with van der Waals surface area (Å²) in [6.45, 7) is 36.1. The Morgan fingerprint density at radius 1 is 0.526 bits per heavy atom. The molecule has 0 aromatic rings. The highest BCUT2D eigenvalue weighted by atomic mass is 16.5. The second-order valence-corrected chi connectivity index (χ2v) is 18.2. The molecule has 5 aliphatic rings. The Labute approximate surface area is 238 Å². The lowest BCUT2D eigenvalue weighted by atomic mass is 9.42. The normalized spacial score (nSPS) is 30.8. The lowest BCUT2D eigenvalue weighted by Gasteiger charge is -2.66. The second-order valence-electron chi connectivity index (χ2n) is 18.2. The SMILES string of the molecule is CC(C)(C)C1(C(C)(C)C)CCCCO1.CC1(C)CC(C)(C)C12CCCN2.CC1(C)CC(C)(C)C12CCCO2. The fourth-order valence-electron chi connectivity index (χ4n) is 11.1. The molecule has 3 heteroatoms. The van der Waals surface area contributed by atoms with Crippen molar-refractivity contribution in [3.8, 4) is 0 Å². The minimum absolute atomic E-state index is 0.0538. The van der Waals surface area contributed by atoms with E-state index in [1.54, 1.807) is 0 Å². The summed E-state index contributed by atoms with van der Waals surface area (Å²) < 4.78 is 12.2. The highest BCUT2D eigenvalue weighted by Gasteiger charge is 2.67. The standard InChI is InChI=1S/C13H26O.C11H21N.C11H20O/c1-11(2,3)13(12(4,5)6)9-7-8-10-14-13;2*1-9(2)8-10(3,4)11(9)6-5-7-12-11/h7-10H2,1-6H3;12H,5-8H2,1-4H3;5-8H2,1-4H3. The molecule has 5 rings (SSSR count).